The largest absolute Gasteiger partial charge is 0.393 e. The zero-order valence-corrected chi connectivity index (χ0v) is 12.0. The average molecular weight is 259 g/mol. The molecule has 0 aromatic carbocycles. The third kappa shape index (κ3) is 7.31. The average Bonchev–Trinajstić information content (AvgIpc) is 2.25. The van der Waals surface area contributed by atoms with E-state index >= 15 is 0 Å². The highest BCUT2D eigenvalue weighted by molar-refractivity contribution is 4.74. The van der Waals surface area contributed by atoms with E-state index in [4.69, 9.17) is 4.74 Å². The summed E-state index contributed by atoms with van der Waals surface area (Å²) in [6.07, 6.45) is 3.54. The molecule has 1 aliphatic carbocycles. The van der Waals surface area contributed by atoms with Crippen LogP contribution in [-0.4, -0.2) is 47.7 Å². The van der Waals surface area contributed by atoms with Crippen LogP contribution in [0, 0.1) is 5.92 Å². The van der Waals surface area contributed by atoms with Crippen LogP contribution in [0.5, 0.6) is 0 Å². The number of hydrogen-bond donors (Lipinski definition) is 3. The standard InChI is InChI=1S/C14H29NO3/c1-14(2,3)18-10-13(17)9-15-8-11-5-4-6-12(16)7-11/h11-13,15-17H,4-10H2,1-3H3. The number of nitrogens with one attached hydrogen (secondary N) is 1. The van der Waals surface area contributed by atoms with Crippen LogP contribution < -0.4 is 5.32 Å². The molecule has 3 N–H and O–H groups in total. The van der Waals surface area contributed by atoms with E-state index in [0.29, 0.717) is 19.1 Å². The lowest BCUT2D eigenvalue weighted by molar-refractivity contribution is -0.0481. The van der Waals surface area contributed by atoms with E-state index in [1.165, 1.54) is 6.42 Å². The summed E-state index contributed by atoms with van der Waals surface area (Å²) in [5, 5.41) is 22.6. The van der Waals surface area contributed by atoms with Crippen molar-refractivity contribution in [2.24, 2.45) is 5.92 Å². The van der Waals surface area contributed by atoms with Gasteiger partial charge in [-0.05, 0) is 52.5 Å². The molecule has 4 heteroatoms. The molecule has 1 rings (SSSR count). The van der Waals surface area contributed by atoms with Gasteiger partial charge in [0, 0.05) is 6.54 Å². The highest BCUT2D eigenvalue weighted by Gasteiger charge is 2.20. The highest BCUT2D eigenvalue weighted by Crippen LogP contribution is 2.23. The Hall–Kier alpha value is -0.160. The summed E-state index contributed by atoms with van der Waals surface area (Å²) in [6.45, 7) is 7.75. The van der Waals surface area contributed by atoms with Crippen LogP contribution in [0.3, 0.4) is 0 Å². The Morgan fingerprint density at radius 3 is 2.67 bits per heavy atom. The van der Waals surface area contributed by atoms with Crippen molar-refractivity contribution in [2.75, 3.05) is 19.7 Å². The second-order valence-electron chi connectivity index (χ2n) is 6.42. The molecule has 0 amide bonds. The first-order valence-corrected chi connectivity index (χ1v) is 7.07. The topological polar surface area (TPSA) is 61.7 Å². The Bertz CT molecular complexity index is 228. The predicted molar refractivity (Wildman–Crippen MR) is 72.5 cm³/mol. The minimum atomic E-state index is -0.460. The predicted octanol–water partition coefficient (Wildman–Crippen LogP) is 1.30. The van der Waals surface area contributed by atoms with Crippen molar-refractivity contribution in [2.45, 2.75) is 64.3 Å². The Kier molecular flexibility index (Phi) is 6.57. The summed E-state index contributed by atoms with van der Waals surface area (Å²) in [4.78, 5) is 0. The van der Waals surface area contributed by atoms with Crippen molar-refractivity contribution in [3.8, 4) is 0 Å². The third-order valence-corrected chi connectivity index (χ3v) is 3.28. The van der Waals surface area contributed by atoms with Crippen molar-refractivity contribution in [3.05, 3.63) is 0 Å². The lowest BCUT2D eigenvalue weighted by Gasteiger charge is -2.27. The fourth-order valence-corrected chi connectivity index (χ4v) is 2.31. The van der Waals surface area contributed by atoms with Crippen LogP contribution in [0.25, 0.3) is 0 Å². The van der Waals surface area contributed by atoms with Crippen molar-refractivity contribution in [1.82, 2.24) is 5.32 Å². The number of ether oxygens (including phenoxy) is 1. The van der Waals surface area contributed by atoms with Gasteiger partial charge in [-0.3, -0.25) is 0 Å². The van der Waals surface area contributed by atoms with Gasteiger partial charge in [0.15, 0.2) is 0 Å². The monoisotopic (exact) mass is 259 g/mol. The molecule has 108 valence electrons. The van der Waals surface area contributed by atoms with Gasteiger partial charge in [0.05, 0.1) is 24.4 Å². The summed E-state index contributed by atoms with van der Waals surface area (Å²) in [5.74, 6) is 0.546. The molecule has 4 nitrogen and oxygen atoms in total. The quantitative estimate of drug-likeness (QED) is 0.673. The van der Waals surface area contributed by atoms with Crippen molar-refractivity contribution < 1.29 is 14.9 Å². The molecule has 0 bridgehead atoms. The van der Waals surface area contributed by atoms with Gasteiger partial charge >= 0.3 is 0 Å². The van der Waals surface area contributed by atoms with Gasteiger partial charge < -0.3 is 20.3 Å². The first-order valence-electron chi connectivity index (χ1n) is 7.07. The van der Waals surface area contributed by atoms with E-state index in [1.54, 1.807) is 0 Å². The molecule has 0 aromatic rings. The zero-order valence-electron chi connectivity index (χ0n) is 12.0. The maximum Gasteiger partial charge on any atom is 0.0897 e. The minimum absolute atomic E-state index is 0.125. The molecule has 0 saturated heterocycles. The Morgan fingerprint density at radius 2 is 2.06 bits per heavy atom. The van der Waals surface area contributed by atoms with Crippen LogP contribution in [0.15, 0.2) is 0 Å². The molecule has 0 heterocycles. The molecule has 0 spiro atoms. The lowest BCUT2D eigenvalue weighted by Crippen LogP contribution is -2.37. The minimum Gasteiger partial charge on any atom is -0.393 e. The van der Waals surface area contributed by atoms with Crippen LogP contribution in [-0.2, 0) is 4.74 Å². The lowest BCUT2D eigenvalue weighted by atomic mass is 9.87. The summed E-state index contributed by atoms with van der Waals surface area (Å²) in [6, 6.07) is 0. The van der Waals surface area contributed by atoms with Crippen LogP contribution in [0.4, 0.5) is 0 Å². The maximum atomic E-state index is 9.76. The second kappa shape index (κ2) is 7.43. The Morgan fingerprint density at radius 1 is 1.33 bits per heavy atom. The number of aliphatic hydroxyl groups is 2. The van der Waals surface area contributed by atoms with Crippen LogP contribution >= 0.6 is 0 Å². The summed E-state index contributed by atoms with van der Waals surface area (Å²) in [7, 11) is 0. The molecule has 1 aliphatic rings. The van der Waals surface area contributed by atoms with Crippen LogP contribution in [0.1, 0.15) is 46.5 Å². The molecule has 1 saturated carbocycles. The maximum absolute atomic E-state index is 9.76. The van der Waals surface area contributed by atoms with Crippen molar-refractivity contribution >= 4 is 0 Å². The van der Waals surface area contributed by atoms with E-state index in [0.717, 1.165) is 25.8 Å². The number of aliphatic hydroxyl groups excluding tert-OH is 2. The molecule has 1 fully saturated rings. The fraction of sp³-hybridized carbons (Fsp3) is 1.00. The highest BCUT2D eigenvalue weighted by atomic mass is 16.5. The summed E-state index contributed by atoms with van der Waals surface area (Å²) >= 11 is 0. The molecule has 0 aromatic heterocycles. The normalized spacial score (nSPS) is 27.2. The molecule has 0 radical (unpaired) electrons. The second-order valence-corrected chi connectivity index (χ2v) is 6.42. The Labute approximate surface area is 111 Å². The van der Waals surface area contributed by atoms with E-state index in [1.807, 2.05) is 20.8 Å². The zero-order chi connectivity index (χ0) is 13.6. The first kappa shape index (κ1) is 15.9. The fourth-order valence-electron chi connectivity index (χ4n) is 2.31. The molecule has 3 unspecified atom stereocenters. The Balaban J connectivity index is 2.06. The van der Waals surface area contributed by atoms with E-state index in [2.05, 4.69) is 5.32 Å². The van der Waals surface area contributed by atoms with E-state index in [9.17, 15) is 10.2 Å². The van der Waals surface area contributed by atoms with E-state index in [-0.39, 0.29) is 11.7 Å². The van der Waals surface area contributed by atoms with Gasteiger partial charge in [0.2, 0.25) is 0 Å². The van der Waals surface area contributed by atoms with E-state index < -0.39 is 6.10 Å². The molecular formula is C14H29NO3. The van der Waals surface area contributed by atoms with Gasteiger partial charge in [-0.25, -0.2) is 0 Å². The van der Waals surface area contributed by atoms with Gasteiger partial charge in [0.25, 0.3) is 0 Å². The smallest absolute Gasteiger partial charge is 0.0897 e. The number of hydrogen-bond acceptors (Lipinski definition) is 4. The third-order valence-electron chi connectivity index (χ3n) is 3.28. The van der Waals surface area contributed by atoms with Gasteiger partial charge in [-0.1, -0.05) is 6.42 Å². The number of rotatable bonds is 6. The van der Waals surface area contributed by atoms with Gasteiger partial charge in [0.1, 0.15) is 0 Å². The molecule has 18 heavy (non-hydrogen) atoms. The molecule has 3 atom stereocenters. The SMILES string of the molecule is CC(C)(C)OCC(O)CNCC1CCCC(O)C1. The van der Waals surface area contributed by atoms with Gasteiger partial charge in [-0.15, -0.1) is 0 Å². The van der Waals surface area contributed by atoms with Crippen molar-refractivity contribution in [1.29, 1.82) is 0 Å². The summed E-state index contributed by atoms with van der Waals surface area (Å²) in [5.41, 5.74) is -0.200. The first-order chi connectivity index (χ1) is 8.37. The van der Waals surface area contributed by atoms with Crippen LogP contribution in [0.2, 0.25) is 0 Å². The molecule has 0 aliphatic heterocycles. The van der Waals surface area contributed by atoms with Gasteiger partial charge in [-0.2, -0.15) is 0 Å². The summed E-state index contributed by atoms with van der Waals surface area (Å²) < 4.78 is 5.52. The van der Waals surface area contributed by atoms with Crippen molar-refractivity contribution in [3.63, 3.8) is 0 Å². The molecular weight excluding hydrogens is 230 g/mol.